The Hall–Kier alpha value is -2.28. The molecule has 118 valence electrons. The molecule has 0 aliphatic rings. The van der Waals surface area contributed by atoms with Gasteiger partial charge < -0.3 is 20.1 Å². The molecular formula is C15H20N4O2S. The van der Waals surface area contributed by atoms with E-state index in [2.05, 4.69) is 15.7 Å². The van der Waals surface area contributed by atoms with E-state index >= 15 is 0 Å². The van der Waals surface area contributed by atoms with Crippen LogP contribution in [-0.2, 0) is 7.05 Å². The molecule has 0 atom stereocenters. The van der Waals surface area contributed by atoms with Gasteiger partial charge in [-0.1, -0.05) is 0 Å². The van der Waals surface area contributed by atoms with Crippen molar-refractivity contribution in [2.24, 2.45) is 7.05 Å². The third-order valence-electron chi connectivity index (χ3n) is 3.39. The normalized spacial score (nSPS) is 10.2. The van der Waals surface area contributed by atoms with Gasteiger partial charge >= 0.3 is 0 Å². The van der Waals surface area contributed by atoms with Crippen molar-refractivity contribution in [2.45, 2.75) is 13.8 Å². The van der Waals surface area contributed by atoms with E-state index in [4.69, 9.17) is 21.7 Å². The summed E-state index contributed by atoms with van der Waals surface area (Å²) in [6, 6.07) is 5.53. The van der Waals surface area contributed by atoms with Gasteiger partial charge in [0.2, 0.25) is 0 Å². The lowest BCUT2D eigenvalue weighted by Crippen LogP contribution is -2.20. The van der Waals surface area contributed by atoms with Crippen LogP contribution in [0.2, 0.25) is 0 Å². The summed E-state index contributed by atoms with van der Waals surface area (Å²) in [6.45, 7) is 3.93. The first-order valence-corrected chi connectivity index (χ1v) is 7.17. The zero-order chi connectivity index (χ0) is 16.3. The van der Waals surface area contributed by atoms with Crippen molar-refractivity contribution in [3.63, 3.8) is 0 Å². The third-order valence-corrected chi connectivity index (χ3v) is 3.59. The van der Waals surface area contributed by atoms with Gasteiger partial charge in [0.05, 0.1) is 31.3 Å². The molecule has 1 heterocycles. The van der Waals surface area contributed by atoms with E-state index in [1.165, 1.54) is 0 Å². The summed E-state index contributed by atoms with van der Waals surface area (Å²) < 4.78 is 12.3. The lowest BCUT2D eigenvalue weighted by molar-refractivity contribution is 0.355. The molecule has 0 saturated heterocycles. The lowest BCUT2D eigenvalue weighted by Gasteiger charge is -2.13. The molecule has 0 aliphatic carbocycles. The molecule has 0 saturated carbocycles. The number of nitrogens with zero attached hydrogens (tertiary/aromatic N) is 2. The summed E-state index contributed by atoms with van der Waals surface area (Å²) in [5.41, 5.74) is 3.65. The molecule has 1 aromatic carbocycles. The molecule has 1 aromatic heterocycles. The number of methoxy groups -OCH3 is 2. The van der Waals surface area contributed by atoms with Crippen LogP contribution in [0.4, 0.5) is 11.4 Å². The number of hydrogen-bond acceptors (Lipinski definition) is 4. The molecule has 0 fully saturated rings. The van der Waals surface area contributed by atoms with Gasteiger partial charge in [0.15, 0.2) is 16.6 Å². The van der Waals surface area contributed by atoms with Crippen LogP contribution in [0.3, 0.4) is 0 Å². The van der Waals surface area contributed by atoms with Gasteiger partial charge in [-0.2, -0.15) is 5.10 Å². The molecule has 0 unspecified atom stereocenters. The first-order valence-electron chi connectivity index (χ1n) is 6.76. The van der Waals surface area contributed by atoms with Crippen LogP contribution in [0.25, 0.3) is 0 Å². The van der Waals surface area contributed by atoms with E-state index in [1.807, 2.05) is 43.8 Å². The van der Waals surface area contributed by atoms with E-state index in [1.54, 1.807) is 14.2 Å². The molecule has 0 spiro atoms. The van der Waals surface area contributed by atoms with Gasteiger partial charge in [-0.05, 0) is 38.2 Å². The highest BCUT2D eigenvalue weighted by Gasteiger charge is 2.11. The SMILES string of the molecule is COc1ccc(NC(=S)Nc2c(C)nn(C)c2C)cc1OC. The Kier molecular flexibility index (Phi) is 4.87. The number of aromatic nitrogens is 2. The highest BCUT2D eigenvalue weighted by atomic mass is 32.1. The highest BCUT2D eigenvalue weighted by Crippen LogP contribution is 2.29. The van der Waals surface area contributed by atoms with Crippen molar-refractivity contribution in [3.8, 4) is 11.5 Å². The monoisotopic (exact) mass is 320 g/mol. The van der Waals surface area contributed by atoms with Gasteiger partial charge in [-0.25, -0.2) is 0 Å². The van der Waals surface area contributed by atoms with Crippen molar-refractivity contribution < 1.29 is 9.47 Å². The number of aryl methyl sites for hydroxylation is 2. The Morgan fingerprint density at radius 3 is 2.36 bits per heavy atom. The van der Waals surface area contributed by atoms with E-state index in [9.17, 15) is 0 Å². The molecule has 0 aliphatic heterocycles. The predicted molar refractivity (Wildman–Crippen MR) is 92.1 cm³/mol. The Bertz CT molecular complexity index is 697. The van der Waals surface area contributed by atoms with Gasteiger partial charge in [0.25, 0.3) is 0 Å². The standard InChI is InChI=1S/C15H20N4O2S/c1-9-14(10(2)19(3)18-9)17-15(22)16-11-6-7-12(20-4)13(8-11)21-5/h6-8H,1-5H3,(H2,16,17,22). The minimum absolute atomic E-state index is 0.492. The lowest BCUT2D eigenvalue weighted by atomic mass is 10.2. The predicted octanol–water partition coefficient (Wildman–Crippen LogP) is 2.86. The van der Waals surface area contributed by atoms with Crippen LogP contribution < -0.4 is 20.1 Å². The maximum Gasteiger partial charge on any atom is 0.175 e. The molecule has 2 aromatic rings. The van der Waals surface area contributed by atoms with Gasteiger partial charge in [-0.15, -0.1) is 0 Å². The molecule has 0 radical (unpaired) electrons. The van der Waals surface area contributed by atoms with Crippen LogP contribution in [0, 0.1) is 13.8 Å². The van der Waals surface area contributed by atoms with Gasteiger partial charge in [0.1, 0.15) is 0 Å². The van der Waals surface area contributed by atoms with Crippen LogP contribution >= 0.6 is 12.2 Å². The van der Waals surface area contributed by atoms with E-state index in [-0.39, 0.29) is 0 Å². The minimum atomic E-state index is 0.492. The third kappa shape index (κ3) is 3.30. The summed E-state index contributed by atoms with van der Waals surface area (Å²) in [6.07, 6.45) is 0. The summed E-state index contributed by atoms with van der Waals surface area (Å²) in [5, 5.41) is 11.1. The Labute approximate surface area is 135 Å². The second-order valence-electron chi connectivity index (χ2n) is 4.82. The van der Waals surface area contributed by atoms with Gasteiger partial charge in [-0.3, -0.25) is 4.68 Å². The largest absolute Gasteiger partial charge is 0.493 e. The highest BCUT2D eigenvalue weighted by molar-refractivity contribution is 7.80. The summed E-state index contributed by atoms with van der Waals surface area (Å²) in [4.78, 5) is 0. The molecule has 2 N–H and O–H groups in total. The van der Waals surface area contributed by atoms with Crippen molar-refractivity contribution in [3.05, 3.63) is 29.6 Å². The second-order valence-corrected chi connectivity index (χ2v) is 5.23. The zero-order valence-corrected chi connectivity index (χ0v) is 14.2. The fourth-order valence-electron chi connectivity index (χ4n) is 2.14. The van der Waals surface area contributed by atoms with Crippen LogP contribution in [-0.4, -0.2) is 29.1 Å². The first kappa shape index (κ1) is 16.1. The number of rotatable bonds is 4. The zero-order valence-electron chi connectivity index (χ0n) is 13.4. The van der Waals surface area contributed by atoms with Crippen LogP contribution in [0.15, 0.2) is 18.2 Å². The Morgan fingerprint density at radius 2 is 1.82 bits per heavy atom. The summed E-state index contributed by atoms with van der Waals surface area (Å²) >= 11 is 5.36. The maximum absolute atomic E-state index is 5.36. The molecule has 2 rings (SSSR count). The van der Waals surface area contributed by atoms with Crippen molar-refractivity contribution in [1.82, 2.24) is 9.78 Å². The Morgan fingerprint density at radius 1 is 1.14 bits per heavy atom. The quantitative estimate of drug-likeness (QED) is 0.845. The minimum Gasteiger partial charge on any atom is -0.493 e. The first-order chi connectivity index (χ1) is 10.5. The molecule has 6 nitrogen and oxygen atoms in total. The topological polar surface area (TPSA) is 60.3 Å². The van der Waals surface area contributed by atoms with Crippen molar-refractivity contribution in [2.75, 3.05) is 24.9 Å². The Balaban J connectivity index is 2.12. The maximum atomic E-state index is 5.36. The van der Waals surface area contributed by atoms with E-state index in [0.717, 1.165) is 22.8 Å². The fraction of sp³-hybridized carbons (Fsp3) is 0.333. The van der Waals surface area contributed by atoms with Crippen molar-refractivity contribution in [1.29, 1.82) is 0 Å². The molecular weight excluding hydrogens is 300 g/mol. The summed E-state index contributed by atoms with van der Waals surface area (Å²) in [7, 11) is 5.10. The van der Waals surface area contributed by atoms with Crippen molar-refractivity contribution >= 4 is 28.7 Å². The number of hydrogen-bond donors (Lipinski definition) is 2. The van der Waals surface area contributed by atoms with Gasteiger partial charge in [0, 0.05) is 18.8 Å². The number of nitrogens with one attached hydrogen (secondary N) is 2. The number of thiocarbonyl (C=S) groups is 1. The number of ether oxygens (including phenoxy) is 2. The average Bonchev–Trinajstić information content (AvgIpc) is 2.73. The van der Waals surface area contributed by atoms with Crippen LogP contribution in [0.1, 0.15) is 11.4 Å². The van der Waals surface area contributed by atoms with E-state index in [0.29, 0.717) is 16.6 Å². The fourth-order valence-corrected chi connectivity index (χ4v) is 2.36. The molecule has 0 amide bonds. The molecule has 0 bridgehead atoms. The second kappa shape index (κ2) is 6.65. The molecule has 22 heavy (non-hydrogen) atoms. The van der Waals surface area contributed by atoms with Crippen LogP contribution in [0.5, 0.6) is 11.5 Å². The average molecular weight is 320 g/mol. The number of anilines is 2. The van der Waals surface area contributed by atoms with E-state index < -0.39 is 0 Å². The number of benzene rings is 1. The summed E-state index contributed by atoms with van der Waals surface area (Å²) in [5.74, 6) is 1.31. The molecule has 7 heteroatoms. The smallest absolute Gasteiger partial charge is 0.175 e.